The zero-order valence-corrected chi connectivity index (χ0v) is 16.0. The number of benzene rings is 3. The molecular weight excluding hydrogens is 380 g/mol. The summed E-state index contributed by atoms with van der Waals surface area (Å²) in [5, 5.41) is 0.819. The highest BCUT2D eigenvalue weighted by molar-refractivity contribution is 6.15. The fraction of sp³-hybridized carbons (Fsp3) is 0.0400. The van der Waals surface area contributed by atoms with Gasteiger partial charge in [-0.2, -0.15) is 0 Å². The van der Waals surface area contributed by atoms with Crippen LogP contribution in [0.25, 0.3) is 17.0 Å². The van der Waals surface area contributed by atoms with E-state index in [4.69, 9.17) is 13.9 Å². The van der Waals surface area contributed by atoms with Gasteiger partial charge in [-0.05, 0) is 42.8 Å². The van der Waals surface area contributed by atoms with Crippen LogP contribution in [0.2, 0.25) is 0 Å². The van der Waals surface area contributed by atoms with E-state index < -0.39 is 5.97 Å². The number of ketones is 1. The van der Waals surface area contributed by atoms with Crippen LogP contribution >= 0.6 is 0 Å². The van der Waals surface area contributed by atoms with Gasteiger partial charge in [0.25, 0.3) is 0 Å². The van der Waals surface area contributed by atoms with Crippen molar-refractivity contribution in [1.82, 2.24) is 0 Å². The van der Waals surface area contributed by atoms with E-state index in [-0.39, 0.29) is 17.3 Å². The first-order valence-electron chi connectivity index (χ1n) is 9.44. The second-order valence-corrected chi connectivity index (χ2v) is 6.95. The van der Waals surface area contributed by atoms with Crippen LogP contribution in [0.1, 0.15) is 32.0 Å². The summed E-state index contributed by atoms with van der Waals surface area (Å²) in [4.78, 5) is 25.3. The van der Waals surface area contributed by atoms with Crippen LogP contribution in [0.3, 0.4) is 0 Å². The average Bonchev–Trinajstić information content (AvgIpc) is 3.33. The van der Waals surface area contributed by atoms with Crippen molar-refractivity contribution < 1.29 is 23.5 Å². The van der Waals surface area contributed by atoms with Crippen LogP contribution in [0.4, 0.5) is 0 Å². The van der Waals surface area contributed by atoms with Crippen LogP contribution in [-0.4, -0.2) is 11.8 Å². The van der Waals surface area contributed by atoms with Crippen LogP contribution in [0, 0.1) is 6.92 Å². The first kappa shape index (κ1) is 17.9. The van der Waals surface area contributed by atoms with E-state index in [0.717, 1.165) is 10.9 Å². The van der Waals surface area contributed by atoms with Crippen molar-refractivity contribution in [2.75, 3.05) is 0 Å². The summed E-state index contributed by atoms with van der Waals surface area (Å²) < 4.78 is 16.9. The maximum Gasteiger partial charge on any atom is 0.379 e. The van der Waals surface area contributed by atoms with Gasteiger partial charge in [-0.15, -0.1) is 0 Å². The average molecular weight is 396 g/mol. The van der Waals surface area contributed by atoms with Crippen molar-refractivity contribution in [1.29, 1.82) is 0 Å². The Morgan fingerprint density at radius 2 is 1.73 bits per heavy atom. The molecule has 0 bridgehead atoms. The van der Waals surface area contributed by atoms with E-state index in [2.05, 4.69) is 0 Å². The van der Waals surface area contributed by atoms with Crippen molar-refractivity contribution in [3.05, 3.63) is 101 Å². The summed E-state index contributed by atoms with van der Waals surface area (Å²) in [6.07, 6.45) is 1.70. The number of Topliss-reactive ketones (excluding diaryl/α,β-unsaturated/α-hetero) is 1. The minimum absolute atomic E-state index is 0.109. The molecule has 0 amide bonds. The van der Waals surface area contributed by atoms with Crippen LogP contribution < -0.4 is 9.47 Å². The molecule has 0 saturated heterocycles. The maximum atomic E-state index is 12.7. The van der Waals surface area contributed by atoms with E-state index in [1.165, 1.54) is 0 Å². The number of hydrogen-bond acceptors (Lipinski definition) is 5. The van der Waals surface area contributed by atoms with Crippen molar-refractivity contribution in [2.24, 2.45) is 0 Å². The molecule has 0 unspecified atom stereocenters. The quantitative estimate of drug-likeness (QED) is 0.257. The van der Waals surface area contributed by atoms with Gasteiger partial charge >= 0.3 is 5.97 Å². The maximum absolute atomic E-state index is 12.7. The highest BCUT2D eigenvalue weighted by Crippen LogP contribution is 2.39. The molecule has 0 spiro atoms. The molecule has 2 heterocycles. The molecule has 0 radical (unpaired) electrons. The third kappa shape index (κ3) is 3.06. The van der Waals surface area contributed by atoms with E-state index >= 15 is 0 Å². The molecule has 1 aromatic heterocycles. The number of hydrogen-bond donors (Lipinski definition) is 0. The Labute approximate surface area is 172 Å². The molecule has 5 nitrogen and oxygen atoms in total. The van der Waals surface area contributed by atoms with Gasteiger partial charge in [0.2, 0.25) is 11.5 Å². The first-order chi connectivity index (χ1) is 14.6. The Morgan fingerprint density at radius 3 is 2.53 bits per heavy atom. The Hall–Kier alpha value is -4.12. The Bertz CT molecular complexity index is 1300. The minimum Gasteiger partial charge on any atom is -0.452 e. The normalized spacial score (nSPS) is 14.0. The van der Waals surface area contributed by atoms with Crippen molar-refractivity contribution in [3.63, 3.8) is 0 Å². The molecule has 5 heteroatoms. The van der Waals surface area contributed by atoms with E-state index in [1.807, 2.05) is 48.5 Å². The smallest absolute Gasteiger partial charge is 0.379 e. The number of carbonyl (C=O) groups excluding carboxylic acids is 2. The fourth-order valence-electron chi connectivity index (χ4n) is 3.41. The third-order valence-electron chi connectivity index (χ3n) is 4.96. The highest BCUT2D eigenvalue weighted by atomic mass is 16.5. The molecule has 0 aliphatic carbocycles. The molecule has 1 aliphatic rings. The lowest BCUT2D eigenvalue weighted by Crippen LogP contribution is -2.08. The molecule has 30 heavy (non-hydrogen) atoms. The van der Waals surface area contributed by atoms with Crippen LogP contribution in [0.5, 0.6) is 11.5 Å². The molecule has 0 N–H and O–H groups in total. The van der Waals surface area contributed by atoms with Gasteiger partial charge in [-0.3, -0.25) is 4.79 Å². The van der Waals surface area contributed by atoms with Crippen LogP contribution in [0.15, 0.2) is 83.0 Å². The van der Waals surface area contributed by atoms with E-state index in [9.17, 15) is 9.59 Å². The molecule has 0 fully saturated rings. The summed E-state index contributed by atoms with van der Waals surface area (Å²) >= 11 is 0. The number of allylic oxidation sites excluding steroid dienone is 1. The van der Waals surface area contributed by atoms with Gasteiger partial charge in [0, 0.05) is 10.9 Å². The zero-order chi connectivity index (χ0) is 20.7. The molecule has 0 saturated carbocycles. The number of fused-ring (bicyclic) bond motifs is 2. The summed E-state index contributed by atoms with van der Waals surface area (Å²) in [6.45, 7) is 1.75. The molecule has 146 valence electrons. The number of ether oxygens (including phenoxy) is 2. The molecule has 3 aromatic carbocycles. The number of furan rings is 1. The first-order valence-corrected chi connectivity index (χ1v) is 9.44. The predicted molar refractivity (Wildman–Crippen MR) is 112 cm³/mol. The van der Waals surface area contributed by atoms with Gasteiger partial charge in [0.15, 0.2) is 5.76 Å². The van der Waals surface area contributed by atoms with Crippen LogP contribution in [-0.2, 0) is 0 Å². The predicted octanol–water partition coefficient (Wildman–Crippen LogP) is 5.58. The van der Waals surface area contributed by atoms with Gasteiger partial charge in [0.1, 0.15) is 17.1 Å². The lowest BCUT2D eigenvalue weighted by atomic mass is 10.1. The topological polar surface area (TPSA) is 65.7 Å². The second kappa shape index (κ2) is 7.04. The van der Waals surface area contributed by atoms with Gasteiger partial charge in [-0.1, -0.05) is 48.5 Å². The largest absolute Gasteiger partial charge is 0.452 e. The number of para-hydroxylation sites is 1. The summed E-state index contributed by atoms with van der Waals surface area (Å²) in [5.41, 5.74) is 2.49. The third-order valence-corrected chi connectivity index (χ3v) is 4.96. The minimum atomic E-state index is -0.612. The monoisotopic (exact) mass is 396 g/mol. The molecular formula is C25H16O5. The van der Waals surface area contributed by atoms with Gasteiger partial charge in [-0.25, -0.2) is 4.79 Å². The second-order valence-electron chi connectivity index (χ2n) is 6.95. The Kier molecular flexibility index (Phi) is 4.21. The highest BCUT2D eigenvalue weighted by Gasteiger charge is 2.30. The van der Waals surface area contributed by atoms with Crippen molar-refractivity contribution >= 4 is 28.8 Å². The van der Waals surface area contributed by atoms with Gasteiger partial charge in [0.05, 0.1) is 5.56 Å². The number of esters is 1. The van der Waals surface area contributed by atoms with E-state index in [1.54, 1.807) is 37.3 Å². The standard InChI is InChI=1S/C25H16O5/c1-15-19(30-25(27)22-14-17-9-5-6-10-20(17)28-22)12-11-18-23(26)21(29-24(15)18)13-16-7-3-2-4-8-16/h2-14H,1H3/b21-13-. The fourth-order valence-corrected chi connectivity index (χ4v) is 3.41. The van der Waals surface area contributed by atoms with Crippen molar-refractivity contribution in [2.45, 2.75) is 6.92 Å². The summed E-state index contributed by atoms with van der Waals surface area (Å²) in [6, 6.07) is 21.6. The lowest BCUT2D eigenvalue weighted by molar-refractivity contribution is 0.0702. The molecule has 4 aromatic rings. The number of rotatable bonds is 3. The Morgan fingerprint density at radius 1 is 0.967 bits per heavy atom. The Balaban J connectivity index is 1.43. The number of carbonyl (C=O) groups is 2. The SMILES string of the molecule is Cc1c(OC(=O)c2cc3ccccc3o2)ccc2c1O/C(=C\c1ccccc1)C2=O. The molecule has 1 aliphatic heterocycles. The zero-order valence-electron chi connectivity index (χ0n) is 16.0. The summed E-state index contributed by atoms with van der Waals surface area (Å²) in [5.74, 6) is 0.244. The van der Waals surface area contributed by atoms with Gasteiger partial charge < -0.3 is 13.9 Å². The summed E-state index contributed by atoms with van der Waals surface area (Å²) in [7, 11) is 0. The van der Waals surface area contributed by atoms with E-state index in [0.29, 0.717) is 28.2 Å². The molecule has 5 rings (SSSR count). The van der Waals surface area contributed by atoms with Crippen molar-refractivity contribution in [3.8, 4) is 11.5 Å². The lowest BCUT2D eigenvalue weighted by Gasteiger charge is -2.09. The molecule has 0 atom stereocenters.